The molecular formula is C21H19N5O2. The molecule has 1 atom stereocenters. The van der Waals surface area contributed by atoms with Crippen molar-refractivity contribution >= 4 is 17.0 Å². The number of nitrogens with zero attached hydrogens (tertiary/aromatic N) is 4. The Morgan fingerprint density at radius 1 is 1.07 bits per heavy atom. The van der Waals surface area contributed by atoms with Gasteiger partial charge in [-0.05, 0) is 30.2 Å². The van der Waals surface area contributed by atoms with Crippen molar-refractivity contribution in [3.8, 4) is 5.82 Å². The smallest absolute Gasteiger partial charge is 0.407 e. The zero-order valence-corrected chi connectivity index (χ0v) is 15.3. The van der Waals surface area contributed by atoms with Crippen molar-refractivity contribution in [2.24, 2.45) is 0 Å². The standard InChI is InChI=1S/C21H19N5O2/c1-15(24-21(27)28-12-16-7-3-2-4-8-16)18-11-20(26-13-22-23-14-26)25-19-10-6-5-9-17(18)19/h2-11,13-15H,12H2,1H3,(H,24,27)/t15-/m1/s1. The first kappa shape index (κ1) is 17.7. The number of pyridine rings is 1. The Bertz CT molecular complexity index is 1080. The number of fused-ring (bicyclic) bond motifs is 1. The molecule has 0 fully saturated rings. The summed E-state index contributed by atoms with van der Waals surface area (Å²) in [7, 11) is 0. The molecule has 4 aromatic rings. The molecule has 7 heteroatoms. The molecule has 0 radical (unpaired) electrons. The summed E-state index contributed by atoms with van der Waals surface area (Å²) >= 11 is 0. The van der Waals surface area contributed by atoms with Gasteiger partial charge < -0.3 is 10.1 Å². The van der Waals surface area contributed by atoms with Gasteiger partial charge in [0.2, 0.25) is 0 Å². The van der Waals surface area contributed by atoms with E-state index in [1.807, 2.05) is 67.6 Å². The second kappa shape index (κ2) is 7.87. The van der Waals surface area contributed by atoms with Crippen LogP contribution in [-0.4, -0.2) is 25.8 Å². The fourth-order valence-electron chi connectivity index (χ4n) is 3.02. The number of hydrogen-bond acceptors (Lipinski definition) is 5. The van der Waals surface area contributed by atoms with E-state index in [1.54, 1.807) is 17.2 Å². The van der Waals surface area contributed by atoms with Crippen molar-refractivity contribution in [3.63, 3.8) is 0 Å². The normalized spacial score (nSPS) is 11.9. The van der Waals surface area contributed by atoms with E-state index >= 15 is 0 Å². The Labute approximate surface area is 162 Å². The van der Waals surface area contributed by atoms with E-state index in [0.29, 0.717) is 5.82 Å². The number of ether oxygens (including phenoxy) is 1. The fourth-order valence-corrected chi connectivity index (χ4v) is 3.02. The van der Waals surface area contributed by atoms with Gasteiger partial charge in [0.1, 0.15) is 25.1 Å². The highest BCUT2D eigenvalue weighted by Crippen LogP contribution is 2.25. The molecule has 0 spiro atoms. The molecule has 2 aromatic carbocycles. The summed E-state index contributed by atoms with van der Waals surface area (Å²) in [5.74, 6) is 0.685. The number of nitrogens with one attached hydrogen (secondary N) is 1. The van der Waals surface area contributed by atoms with Gasteiger partial charge in [-0.1, -0.05) is 48.5 Å². The average molecular weight is 373 g/mol. The Morgan fingerprint density at radius 3 is 2.57 bits per heavy atom. The maximum Gasteiger partial charge on any atom is 0.407 e. The Kier molecular flexibility index (Phi) is 4.97. The third-order valence-corrected chi connectivity index (χ3v) is 4.43. The maximum absolute atomic E-state index is 12.3. The van der Waals surface area contributed by atoms with Gasteiger partial charge in [-0.25, -0.2) is 9.78 Å². The molecule has 1 amide bonds. The molecule has 0 saturated heterocycles. The van der Waals surface area contributed by atoms with Crippen molar-refractivity contribution in [1.82, 2.24) is 25.1 Å². The number of alkyl carbamates (subject to hydrolysis) is 1. The lowest BCUT2D eigenvalue weighted by Gasteiger charge is -2.17. The van der Waals surface area contributed by atoms with Crippen LogP contribution in [-0.2, 0) is 11.3 Å². The van der Waals surface area contributed by atoms with E-state index in [4.69, 9.17) is 4.74 Å². The summed E-state index contributed by atoms with van der Waals surface area (Å²) in [6.45, 7) is 2.14. The van der Waals surface area contributed by atoms with Crippen LogP contribution in [0.1, 0.15) is 24.1 Å². The van der Waals surface area contributed by atoms with Gasteiger partial charge in [0, 0.05) is 5.39 Å². The third-order valence-electron chi connectivity index (χ3n) is 4.43. The number of aromatic nitrogens is 4. The van der Waals surface area contributed by atoms with Gasteiger partial charge in [-0.15, -0.1) is 10.2 Å². The third kappa shape index (κ3) is 3.83. The molecule has 4 rings (SSSR count). The number of carbonyl (C=O) groups excluding carboxylic acids is 1. The molecule has 0 unspecified atom stereocenters. The molecule has 1 N–H and O–H groups in total. The first-order valence-electron chi connectivity index (χ1n) is 8.92. The molecule has 7 nitrogen and oxygen atoms in total. The minimum Gasteiger partial charge on any atom is -0.445 e. The Morgan fingerprint density at radius 2 is 1.79 bits per heavy atom. The van der Waals surface area contributed by atoms with Crippen LogP contribution in [0.4, 0.5) is 4.79 Å². The number of hydrogen-bond donors (Lipinski definition) is 1. The summed E-state index contributed by atoms with van der Waals surface area (Å²) in [5.41, 5.74) is 2.70. The zero-order valence-electron chi connectivity index (χ0n) is 15.3. The number of para-hydroxylation sites is 1. The SMILES string of the molecule is C[C@@H](NC(=O)OCc1ccccc1)c1cc(-n2cnnc2)nc2ccccc12. The first-order valence-corrected chi connectivity index (χ1v) is 8.92. The van der Waals surface area contributed by atoms with Gasteiger partial charge in [-0.3, -0.25) is 4.57 Å². The van der Waals surface area contributed by atoms with Gasteiger partial charge >= 0.3 is 6.09 Å². The molecule has 0 aliphatic carbocycles. The molecule has 2 aromatic heterocycles. The highest BCUT2D eigenvalue weighted by molar-refractivity contribution is 5.84. The molecule has 0 aliphatic rings. The van der Waals surface area contributed by atoms with Crippen LogP contribution in [0.15, 0.2) is 73.3 Å². The summed E-state index contributed by atoms with van der Waals surface area (Å²) in [4.78, 5) is 16.9. The van der Waals surface area contributed by atoms with Gasteiger partial charge in [0.25, 0.3) is 0 Å². The molecule has 28 heavy (non-hydrogen) atoms. The molecular weight excluding hydrogens is 354 g/mol. The molecule has 140 valence electrons. The van der Waals surface area contributed by atoms with E-state index in [9.17, 15) is 4.79 Å². The minimum absolute atomic E-state index is 0.225. The van der Waals surface area contributed by atoms with Crippen LogP contribution in [0.3, 0.4) is 0 Å². The second-order valence-electron chi connectivity index (χ2n) is 6.38. The number of rotatable bonds is 5. The van der Waals surface area contributed by atoms with Crippen molar-refractivity contribution in [3.05, 3.63) is 84.4 Å². The number of benzene rings is 2. The summed E-state index contributed by atoms with van der Waals surface area (Å²) in [5, 5.41) is 11.5. The predicted octanol–water partition coefficient (Wildman–Crippen LogP) is 3.80. The van der Waals surface area contributed by atoms with Crippen LogP contribution >= 0.6 is 0 Å². The number of carbonyl (C=O) groups is 1. The van der Waals surface area contributed by atoms with E-state index < -0.39 is 6.09 Å². The van der Waals surface area contributed by atoms with Crippen LogP contribution < -0.4 is 5.32 Å². The van der Waals surface area contributed by atoms with Crippen molar-refractivity contribution in [2.45, 2.75) is 19.6 Å². The lowest BCUT2D eigenvalue weighted by molar-refractivity contribution is 0.136. The zero-order chi connectivity index (χ0) is 19.3. The van der Waals surface area contributed by atoms with Crippen LogP contribution in [0.2, 0.25) is 0 Å². The van der Waals surface area contributed by atoms with Crippen molar-refractivity contribution < 1.29 is 9.53 Å². The van der Waals surface area contributed by atoms with Gasteiger partial charge in [0.05, 0.1) is 11.6 Å². The largest absolute Gasteiger partial charge is 0.445 e. The Balaban J connectivity index is 1.56. The Hall–Kier alpha value is -3.74. The lowest BCUT2D eigenvalue weighted by atomic mass is 10.0. The maximum atomic E-state index is 12.3. The summed E-state index contributed by atoms with van der Waals surface area (Å²) in [6.07, 6.45) is 2.71. The predicted molar refractivity (Wildman–Crippen MR) is 105 cm³/mol. The van der Waals surface area contributed by atoms with Crippen LogP contribution in [0, 0.1) is 0 Å². The summed E-state index contributed by atoms with van der Waals surface area (Å²) < 4.78 is 7.08. The van der Waals surface area contributed by atoms with Gasteiger partial charge in [-0.2, -0.15) is 0 Å². The topological polar surface area (TPSA) is 81.9 Å². The van der Waals surface area contributed by atoms with Crippen LogP contribution in [0.25, 0.3) is 16.7 Å². The minimum atomic E-state index is -0.469. The molecule has 0 saturated carbocycles. The molecule has 0 bridgehead atoms. The van der Waals surface area contributed by atoms with E-state index in [1.165, 1.54) is 0 Å². The fraction of sp³-hybridized carbons (Fsp3) is 0.143. The quantitative estimate of drug-likeness (QED) is 0.575. The highest BCUT2D eigenvalue weighted by Gasteiger charge is 2.16. The summed E-state index contributed by atoms with van der Waals surface area (Å²) in [6, 6.07) is 19.0. The van der Waals surface area contributed by atoms with E-state index in [-0.39, 0.29) is 12.6 Å². The molecule has 2 heterocycles. The van der Waals surface area contributed by atoms with Crippen molar-refractivity contribution in [1.29, 1.82) is 0 Å². The highest BCUT2D eigenvalue weighted by atomic mass is 16.5. The second-order valence-corrected chi connectivity index (χ2v) is 6.38. The molecule has 0 aliphatic heterocycles. The lowest BCUT2D eigenvalue weighted by Crippen LogP contribution is -2.27. The first-order chi connectivity index (χ1) is 13.7. The van der Waals surface area contributed by atoms with Crippen molar-refractivity contribution in [2.75, 3.05) is 0 Å². The van der Waals surface area contributed by atoms with Gasteiger partial charge in [0.15, 0.2) is 0 Å². The average Bonchev–Trinajstić information content (AvgIpc) is 3.27. The van der Waals surface area contributed by atoms with E-state index in [2.05, 4.69) is 20.5 Å². The van der Waals surface area contributed by atoms with E-state index in [0.717, 1.165) is 22.0 Å². The van der Waals surface area contributed by atoms with Crippen LogP contribution in [0.5, 0.6) is 0 Å². The number of amides is 1. The monoisotopic (exact) mass is 373 g/mol.